The topological polar surface area (TPSA) is 55.2 Å². The SMILES string of the molecule is CN(C)C(=O)Cn1cc(-c2cccc3c2CCC3=O)cn1. The van der Waals surface area contributed by atoms with Crippen LogP contribution in [0.15, 0.2) is 30.6 Å². The van der Waals surface area contributed by atoms with Gasteiger partial charge >= 0.3 is 0 Å². The van der Waals surface area contributed by atoms with Gasteiger partial charge in [0.15, 0.2) is 5.78 Å². The predicted molar refractivity (Wildman–Crippen MR) is 79.0 cm³/mol. The highest BCUT2D eigenvalue weighted by Gasteiger charge is 2.22. The monoisotopic (exact) mass is 283 g/mol. The van der Waals surface area contributed by atoms with Crippen LogP contribution in [0.3, 0.4) is 0 Å². The number of nitrogens with zero attached hydrogens (tertiary/aromatic N) is 3. The van der Waals surface area contributed by atoms with E-state index in [0.29, 0.717) is 6.42 Å². The van der Waals surface area contributed by atoms with E-state index in [4.69, 9.17) is 0 Å². The summed E-state index contributed by atoms with van der Waals surface area (Å²) in [5.41, 5.74) is 3.92. The van der Waals surface area contributed by atoms with E-state index in [-0.39, 0.29) is 18.2 Å². The second-order valence-corrected chi connectivity index (χ2v) is 5.47. The van der Waals surface area contributed by atoms with Crippen LogP contribution in [0.4, 0.5) is 0 Å². The molecule has 1 aliphatic carbocycles. The molecule has 21 heavy (non-hydrogen) atoms. The second-order valence-electron chi connectivity index (χ2n) is 5.47. The predicted octanol–water partition coefficient (Wildman–Crippen LogP) is 1.77. The maximum absolute atomic E-state index is 11.8. The van der Waals surface area contributed by atoms with Crippen LogP contribution >= 0.6 is 0 Å². The van der Waals surface area contributed by atoms with Crippen molar-refractivity contribution in [3.63, 3.8) is 0 Å². The largest absolute Gasteiger partial charge is 0.347 e. The van der Waals surface area contributed by atoms with E-state index in [2.05, 4.69) is 5.10 Å². The van der Waals surface area contributed by atoms with Crippen molar-refractivity contribution in [3.05, 3.63) is 41.7 Å². The number of hydrogen-bond donors (Lipinski definition) is 0. The van der Waals surface area contributed by atoms with Gasteiger partial charge in [-0.1, -0.05) is 18.2 Å². The summed E-state index contributed by atoms with van der Waals surface area (Å²) in [6.07, 6.45) is 4.98. The average molecular weight is 283 g/mol. The number of aromatic nitrogens is 2. The molecular weight excluding hydrogens is 266 g/mol. The third-order valence-electron chi connectivity index (χ3n) is 3.82. The highest BCUT2D eigenvalue weighted by Crippen LogP contribution is 2.32. The van der Waals surface area contributed by atoms with Crippen molar-refractivity contribution in [2.45, 2.75) is 19.4 Å². The van der Waals surface area contributed by atoms with Crippen LogP contribution in [0.2, 0.25) is 0 Å². The van der Waals surface area contributed by atoms with Gasteiger partial charge in [0.05, 0.1) is 6.20 Å². The first-order valence-corrected chi connectivity index (χ1v) is 6.94. The molecule has 108 valence electrons. The van der Waals surface area contributed by atoms with Crippen LogP contribution in [0.1, 0.15) is 22.3 Å². The van der Waals surface area contributed by atoms with Gasteiger partial charge in [-0.2, -0.15) is 5.10 Å². The molecule has 1 aromatic heterocycles. The summed E-state index contributed by atoms with van der Waals surface area (Å²) in [5.74, 6) is 0.208. The van der Waals surface area contributed by atoms with Gasteiger partial charge in [0, 0.05) is 37.8 Å². The van der Waals surface area contributed by atoms with E-state index >= 15 is 0 Å². The lowest BCUT2D eigenvalue weighted by atomic mass is 9.99. The number of amides is 1. The molecule has 5 heteroatoms. The third-order valence-corrected chi connectivity index (χ3v) is 3.82. The molecule has 3 rings (SSSR count). The van der Waals surface area contributed by atoms with Gasteiger partial charge in [0.1, 0.15) is 6.54 Å². The first-order chi connectivity index (χ1) is 10.1. The van der Waals surface area contributed by atoms with Crippen LogP contribution < -0.4 is 0 Å². The van der Waals surface area contributed by atoms with E-state index in [0.717, 1.165) is 28.7 Å². The van der Waals surface area contributed by atoms with Gasteiger partial charge in [-0.25, -0.2) is 0 Å². The second kappa shape index (κ2) is 5.16. The Morgan fingerprint density at radius 3 is 2.81 bits per heavy atom. The molecule has 1 amide bonds. The first kappa shape index (κ1) is 13.5. The molecule has 0 bridgehead atoms. The smallest absolute Gasteiger partial charge is 0.243 e. The van der Waals surface area contributed by atoms with E-state index in [9.17, 15) is 9.59 Å². The number of benzene rings is 1. The Bertz CT molecular complexity index is 716. The number of fused-ring (bicyclic) bond motifs is 1. The van der Waals surface area contributed by atoms with E-state index in [1.54, 1.807) is 29.9 Å². The van der Waals surface area contributed by atoms with Crippen LogP contribution in [0, 0.1) is 0 Å². The Labute approximate surface area is 123 Å². The van der Waals surface area contributed by atoms with E-state index < -0.39 is 0 Å². The maximum Gasteiger partial charge on any atom is 0.243 e. The van der Waals surface area contributed by atoms with Crippen molar-refractivity contribution >= 4 is 11.7 Å². The molecule has 1 aromatic carbocycles. The molecule has 0 radical (unpaired) electrons. The Balaban J connectivity index is 1.91. The van der Waals surface area contributed by atoms with Crippen molar-refractivity contribution < 1.29 is 9.59 Å². The van der Waals surface area contributed by atoms with Gasteiger partial charge in [-0.3, -0.25) is 14.3 Å². The normalized spacial score (nSPS) is 13.3. The number of ketones is 1. The Morgan fingerprint density at radius 1 is 1.29 bits per heavy atom. The van der Waals surface area contributed by atoms with Crippen LogP contribution in [-0.4, -0.2) is 40.5 Å². The summed E-state index contributed by atoms with van der Waals surface area (Å²) in [5, 5.41) is 4.24. The molecule has 0 saturated heterocycles. The van der Waals surface area contributed by atoms with Gasteiger partial charge < -0.3 is 4.90 Å². The summed E-state index contributed by atoms with van der Waals surface area (Å²) in [4.78, 5) is 25.1. The number of Topliss-reactive ketones (excluding diaryl/α,β-unsaturated/α-hetero) is 1. The lowest BCUT2D eigenvalue weighted by Gasteiger charge is -2.09. The fourth-order valence-corrected chi connectivity index (χ4v) is 2.63. The molecule has 5 nitrogen and oxygen atoms in total. The number of likely N-dealkylation sites (N-methyl/N-ethyl adjacent to an activating group) is 1. The molecular formula is C16H17N3O2. The van der Waals surface area contributed by atoms with E-state index in [1.807, 2.05) is 24.4 Å². The molecule has 0 spiro atoms. The maximum atomic E-state index is 11.8. The Morgan fingerprint density at radius 2 is 2.05 bits per heavy atom. The summed E-state index contributed by atoms with van der Waals surface area (Å²) < 4.78 is 1.63. The summed E-state index contributed by atoms with van der Waals surface area (Å²) >= 11 is 0. The fourth-order valence-electron chi connectivity index (χ4n) is 2.63. The Hall–Kier alpha value is -2.43. The van der Waals surface area contributed by atoms with Gasteiger partial charge in [-0.05, 0) is 17.5 Å². The van der Waals surface area contributed by atoms with Gasteiger partial charge in [0.2, 0.25) is 5.91 Å². The molecule has 0 N–H and O–H groups in total. The number of carbonyl (C=O) groups is 2. The minimum Gasteiger partial charge on any atom is -0.347 e. The minimum absolute atomic E-state index is 0.00174. The van der Waals surface area contributed by atoms with Crippen LogP contribution in [0.25, 0.3) is 11.1 Å². The Kier molecular flexibility index (Phi) is 3.33. The molecule has 1 heterocycles. The van der Waals surface area contributed by atoms with Crippen LogP contribution in [0.5, 0.6) is 0 Å². The molecule has 0 aliphatic heterocycles. The summed E-state index contributed by atoms with van der Waals surface area (Å²) in [6, 6.07) is 5.79. The van der Waals surface area contributed by atoms with Crippen molar-refractivity contribution in [1.29, 1.82) is 0 Å². The number of rotatable bonds is 3. The molecule has 0 unspecified atom stereocenters. The standard InChI is InChI=1S/C16H17N3O2/c1-18(2)16(21)10-19-9-11(8-17-19)12-4-3-5-14-13(12)6-7-15(14)20/h3-5,8-9H,6-7,10H2,1-2H3. The molecule has 0 fully saturated rings. The quantitative estimate of drug-likeness (QED) is 0.862. The van der Waals surface area contributed by atoms with E-state index in [1.165, 1.54) is 0 Å². The van der Waals surface area contributed by atoms with Crippen LogP contribution in [-0.2, 0) is 17.8 Å². The fraction of sp³-hybridized carbons (Fsp3) is 0.312. The third kappa shape index (κ3) is 2.46. The summed E-state index contributed by atoms with van der Waals surface area (Å²) in [6.45, 7) is 0.223. The lowest BCUT2D eigenvalue weighted by molar-refractivity contribution is -0.129. The molecule has 0 atom stereocenters. The van der Waals surface area contributed by atoms with Crippen molar-refractivity contribution in [2.24, 2.45) is 0 Å². The molecule has 0 saturated carbocycles. The lowest BCUT2D eigenvalue weighted by Crippen LogP contribution is -2.26. The number of carbonyl (C=O) groups excluding carboxylic acids is 2. The molecule has 1 aliphatic rings. The van der Waals surface area contributed by atoms with Crippen molar-refractivity contribution in [1.82, 2.24) is 14.7 Å². The highest BCUT2D eigenvalue weighted by atomic mass is 16.2. The minimum atomic E-state index is -0.00174. The molecule has 2 aromatic rings. The van der Waals surface area contributed by atoms with Gasteiger partial charge in [-0.15, -0.1) is 0 Å². The zero-order valence-electron chi connectivity index (χ0n) is 12.2. The average Bonchev–Trinajstić information content (AvgIpc) is 3.06. The summed E-state index contributed by atoms with van der Waals surface area (Å²) in [7, 11) is 3.45. The first-order valence-electron chi connectivity index (χ1n) is 6.94. The van der Waals surface area contributed by atoms with Gasteiger partial charge in [0.25, 0.3) is 0 Å². The number of hydrogen-bond acceptors (Lipinski definition) is 3. The van der Waals surface area contributed by atoms with Crippen molar-refractivity contribution in [2.75, 3.05) is 14.1 Å². The van der Waals surface area contributed by atoms with Crippen molar-refractivity contribution in [3.8, 4) is 11.1 Å². The zero-order valence-corrected chi connectivity index (χ0v) is 12.2. The zero-order chi connectivity index (χ0) is 15.0. The highest BCUT2D eigenvalue weighted by molar-refractivity contribution is 6.02.